The van der Waals surface area contributed by atoms with Gasteiger partial charge in [0.05, 0.1) is 0 Å². The van der Waals surface area contributed by atoms with Gasteiger partial charge in [0.2, 0.25) is 0 Å². The van der Waals surface area contributed by atoms with E-state index in [-0.39, 0.29) is 6.42 Å². The second kappa shape index (κ2) is 5.22. The van der Waals surface area contributed by atoms with Crippen LogP contribution in [0.2, 0.25) is 0 Å². The third kappa shape index (κ3) is 9.53. The van der Waals surface area contributed by atoms with Crippen LogP contribution in [-0.2, 0) is 0 Å². The zero-order valence-electron chi connectivity index (χ0n) is 6.62. The minimum absolute atomic E-state index is 0.208. The molecule has 0 atom stereocenters. The summed E-state index contributed by atoms with van der Waals surface area (Å²) in [6, 6.07) is 0. The van der Waals surface area contributed by atoms with Crippen molar-refractivity contribution in [2.75, 3.05) is 0 Å². The molecule has 0 saturated heterocycles. The van der Waals surface area contributed by atoms with Gasteiger partial charge in [-0.2, -0.15) is 13.2 Å². The average Bonchev–Trinajstić information content (AvgIpc) is 1.85. The number of hydrogen-bond acceptors (Lipinski definition) is 0. The van der Waals surface area contributed by atoms with E-state index in [9.17, 15) is 13.2 Å². The summed E-state index contributed by atoms with van der Waals surface area (Å²) in [5, 5.41) is 0. The monoisotopic (exact) mass is 166 g/mol. The first-order chi connectivity index (χ1) is 5.06. The van der Waals surface area contributed by atoms with Gasteiger partial charge >= 0.3 is 6.18 Å². The van der Waals surface area contributed by atoms with Gasteiger partial charge in [-0.1, -0.05) is 19.1 Å². The standard InChI is InChI=1S/C8H13F3/c1-2-3-4-5-6-7-8(9,10)11/h3-4H,2,5-7H2,1H3/b4-3-. The van der Waals surface area contributed by atoms with E-state index in [2.05, 4.69) is 0 Å². The molecule has 0 aromatic carbocycles. The van der Waals surface area contributed by atoms with E-state index in [1.54, 1.807) is 6.08 Å². The van der Waals surface area contributed by atoms with Crippen LogP contribution in [0.15, 0.2) is 12.2 Å². The molecule has 0 N–H and O–H groups in total. The number of alkyl halides is 3. The van der Waals surface area contributed by atoms with Gasteiger partial charge in [0.25, 0.3) is 0 Å². The number of hydrogen-bond donors (Lipinski definition) is 0. The molecule has 0 aliphatic rings. The van der Waals surface area contributed by atoms with Crippen LogP contribution in [0, 0.1) is 0 Å². The van der Waals surface area contributed by atoms with Crippen LogP contribution in [0.5, 0.6) is 0 Å². The first-order valence-electron chi connectivity index (χ1n) is 3.78. The Morgan fingerprint density at radius 3 is 2.27 bits per heavy atom. The molecule has 0 aromatic rings. The van der Waals surface area contributed by atoms with Crippen molar-refractivity contribution in [2.24, 2.45) is 0 Å². The summed E-state index contributed by atoms with van der Waals surface area (Å²) in [4.78, 5) is 0. The normalized spacial score (nSPS) is 12.7. The predicted octanol–water partition coefficient (Wildman–Crippen LogP) is 3.69. The average molecular weight is 166 g/mol. The third-order valence-corrected chi connectivity index (χ3v) is 1.23. The molecular formula is C8H13F3. The Balaban J connectivity index is 3.21. The molecule has 0 radical (unpaired) electrons. The molecule has 0 aromatic heterocycles. The number of halogens is 3. The van der Waals surface area contributed by atoms with Crippen molar-refractivity contribution >= 4 is 0 Å². The van der Waals surface area contributed by atoms with Crippen molar-refractivity contribution in [2.45, 2.75) is 38.8 Å². The fourth-order valence-electron chi connectivity index (χ4n) is 0.705. The lowest BCUT2D eigenvalue weighted by atomic mass is 10.2. The predicted molar refractivity (Wildman–Crippen MR) is 39.3 cm³/mol. The van der Waals surface area contributed by atoms with Gasteiger partial charge in [-0.15, -0.1) is 0 Å². The maximum absolute atomic E-state index is 11.5. The van der Waals surface area contributed by atoms with Crippen molar-refractivity contribution in [3.63, 3.8) is 0 Å². The van der Waals surface area contributed by atoms with Crippen LogP contribution in [0.25, 0.3) is 0 Å². The van der Waals surface area contributed by atoms with Gasteiger partial charge in [-0.3, -0.25) is 0 Å². The summed E-state index contributed by atoms with van der Waals surface area (Å²) in [7, 11) is 0. The Morgan fingerprint density at radius 2 is 1.82 bits per heavy atom. The summed E-state index contributed by atoms with van der Waals surface area (Å²) in [5.41, 5.74) is 0. The molecule has 0 saturated carbocycles. The summed E-state index contributed by atoms with van der Waals surface area (Å²) in [6.45, 7) is 1.96. The quantitative estimate of drug-likeness (QED) is 0.441. The van der Waals surface area contributed by atoms with Crippen molar-refractivity contribution in [3.8, 4) is 0 Å². The first-order valence-corrected chi connectivity index (χ1v) is 3.78. The van der Waals surface area contributed by atoms with Crippen LogP contribution < -0.4 is 0 Å². The van der Waals surface area contributed by atoms with Gasteiger partial charge in [-0.25, -0.2) is 0 Å². The van der Waals surface area contributed by atoms with Crippen LogP contribution in [0.1, 0.15) is 32.6 Å². The van der Waals surface area contributed by atoms with Gasteiger partial charge in [-0.05, 0) is 19.3 Å². The van der Waals surface area contributed by atoms with E-state index in [0.29, 0.717) is 6.42 Å². The Hall–Kier alpha value is -0.470. The zero-order chi connectivity index (χ0) is 8.74. The minimum Gasteiger partial charge on any atom is -0.171 e. The smallest absolute Gasteiger partial charge is 0.171 e. The number of allylic oxidation sites excluding steroid dienone is 2. The molecule has 0 amide bonds. The summed E-state index contributed by atoms with van der Waals surface area (Å²) < 4.78 is 34.6. The molecule has 0 heterocycles. The summed E-state index contributed by atoms with van der Waals surface area (Å²) in [5.74, 6) is 0. The molecule has 0 bridgehead atoms. The van der Waals surface area contributed by atoms with E-state index in [0.717, 1.165) is 6.42 Å². The molecule has 0 rings (SSSR count). The molecule has 0 aliphatic carbocycles. The largest absolute Gasteiger partial charge is 0.389 e. The molecule has 0 aliphatic heterocycles. The lowest BCUT2D eigenvalue weighted by Gasteiger charge is -2.02. The summed E-state index contributed by atoms with van der Waals surface area (Å²) in [6.07, 6.45) is 0.669. The number of unbranched alkanes of at least 4 members (excludes halogenated alkanes) is 1. The van der Waals surface area contributed by atoms with Gasteiger partial charge in [0.15, 0.2) is 0 Å². The molecule has 11 heavy (non-hydrogen) atoms. The van der Waals surface area contributed by atoms with Crippen molar-refractivity contribution in [1.82, 2.24) is 0 Å². The molecule has 3 heteroatoms. The highest BCUT2D eigenvalue weighted by Crippen LogP contribution is 2.22. The molecule has 0 unspecified atom stereocenters. The third-order valence-electron chi connectivity index (χ3n) is 1.23. The fourth-order valence-corrected chi connectivity index (χ4v) is 0.705. The van der Waals surface area contributed by atoms with E-state index in [1.807, 2.05) is 13.0 Å². The van der Waals surface area contributed by atoms with Crippen molar-refractivity contribution in [3.05, 3.63) is 12.2 Å². The highest BCUT2D eigenvalue weighted by molar-refractivity contribution is 4.79. The second-order valence-electron chi connectivity index (χ2n) is 2.39. The Morgan fingerprint density at radius 1 is 1.18 bits per heavy atom. The molecule has 0 spiro atoms. The van der Waals surface area contributed by atoms with E-state index in [1.165, 1.54) is 0 Å². The van der Waals surface area contributed by atoms with Gasteiger partial charge in [0.1, 0.15) is 0 Å². The minimum atomic E-state index is -3.99. The molecule has 0 nitrogen and oxygen atoms in total. The maximum atomic E-state index is 11.5. The van der Waals surface area contributed by atoms with Gasteiger partial charge in [0, 0.05) is 6.42 Å². The molecular weight excluding hydrogens is 153 g/mol. The zero-order valence-corrected chi connectivity index (χ0v) is 6.62. The van der Waals surface area contributed by atoms with Crippen molar-refractivity contribution < 1.29 is 13.2 Å². The van der Waals surface area contributed by atoms with E-state index >= 15 is 0 Å². The SMILES string of the molecule is CC/C=C\CCCC(F)(F)F. The Bertz CT molecular complexity index is 113. The van der Waals surface area contributed by atoms with E-state index in [4.69, 9.17) is 0 Å². The first kappa shape index (κ1) is 10.5. The topological polar surface area (TPSA) is 0 Å². The Kier molecular flexibility index (Phi) is 4.99. The van der Waals surface area contributed by atoms with E-state index < -0.39 is 12.6 Å². The maximum Gasteiger partial charge on any atom is 0.389 e. The lowest BCUT2D eigenvalue weighted by molar-refractivity contribution is -0.135. The van der Waals surface area contributed by atoms with Gasteiger partial charge < -0.3 is 0 Å². The molecule has 66 valence electrons. The summed E-state index contributed by atoms with van der Waals surface area (Å²) >= 11 is 0. The van der Waals surface area contributed by atoms with Crippen molar-refractivity contribution in [1.29, 1.82) is 0 Å². The number of rotatable bonds is 4. The molecule has 0 fully saturated rings. The van der Waals surface area contributed by atoms with Crippen LogP contribution >= 0.6 is 0 Å². The van der Waals surface area contributed by atoms with Crippen LogP contribution in [0.3, 0.4) is 0 Å². The van der Waals surface area contributed by atoms with Crippen LogP contribution in [0.4, 0.5) is 13.2 Å². The lowest BCUT2D eigenvalue weighted by Crippen LogP contribution is -2.05. The second-order valence-corrected chi connectivity index (χ2v) is 2.39. The Labute approximate surface area is 65.1 Å². The fraction of sp³-hybridized carbons (Fsp3) is 0.750. The highest BCUT2D eigenvalue weighted by atomic mass is 19.4. The van der Waals surface area contributed by atoms with Crippen LogP contribution in [-0.4, -0.2) is 6.18 Å². The highest BCUT2D eigenvalue weighted by Gasteiger charge is 2.25.